The van der Waals surface area contributed by atoms with E-state index in [2.05, 4.69) is 15.9 Å². The Balaban J connectivity index is 2.31. The summed E-state index contributed by atoms with van der Waals surface area (Å²) in [6.45, 7) is 0.565. The highest BCUT2D eigenvalue weighted by molar-refractivity contribution is 9.10. The van der Waals surface area contributed by atoms with Gasteiger partial charge in [-0.25, -0.2) is 0 Å². The number of halogens is 2. The average Bonchev–Trinajstić information content (AvgIpc) is 2.58. The number of hydrogen-bond acceptors (Lipinski definition) is 2. The summed E-state index contributed by atoms with van der Waals surface area (Å²) >= 11 is 10.6. The van der Waals surface area contributed by atoms with Crippen molar-refractivity contribution in [2.24, 2.45) is 0 Å². The molecule has 0 aliphatic rings. The second-order valence-corrected chi connectivity index (χ2v) is 5.73. The van der Waals surface area contributed by atoms with Crippen LogP contribution in [0, 0.1) is 0 Å². The van der Waals surface area contributed by atoms with Gasteiger partial charge in [-0.2, -0.15) is 0 Å². The van der Waals surface area contributed by atoms with Crippen LogP contribution in [-0.2, 0) is 6.54 Å². The van der Waals surface area contributed by atoms with Crippen LogP contribution in [0.2, 0.25) is 4.34 Å². The monoisotopic (exact) mass is 303 g/mol. The third-order valence-corrected chi connectivity index (χ3v) is 3.59. The Hall–Kier alpha value is -0.580. The van der Waals surface area contributed by atoms with E-state index in [4.69, 9.17) is 11.6 Å². The van der Waals surface area contributed by atoms with Crippen LogP contribution in [0.3, 0.4) is 0 Å². The Morgan fingerprint density at radius 2 is 2.13 bits per heavy atom. The minimum atomic E-state index is -0.0114. The average molecular weight is 305 g/mol. The van der Waals surface area contributed by atoms with Gasteiger partial charge in [-0.05, 0) is 34.1 Å². The van der Waals surface area contributed by atoms with Gasteiger partial charge < -0.3 is 4.57 Å². The molecule has 0 spiro atoms. The van der Waals surface area contributed by atoms with Crippen LogP contribution in [0.1, 0.15) is 4.88 Å². The third-order valence-electron chi connectivity index (χ3n) is 1.90. The lowest BCUT2D eigenvalue weighted by atomic mass is 10.4. The van der Waals surface area contributed by atoms with Crippen molar-refractivity contribution in [1.29, 1.82) is 0 Å². The summed E-state index contributed by atoms with van der Waals surface area (Å²) < 4.78 is 3.28. The molecular weight excluding hydrogens is 298 g/mol. The fourth-order valence-corrected chi connectivity index (χ4v) is 2.70. The van der Waals surface area contributed by atoms with E-state index in [1.165, 1.54) is 11.3 Å². The smallest absolute Gasteiger partial charge is 0.250 e. The Morgan fingerprint density at radius 1 is 1.33 bits per heavy atom. The quantitative estimate of drug-likeness (QED) is 0.834. The SMILES string of the molecule is O=c1ccc(Br)cn1Cc1ccc(Cl)s1. The van der Waals surface area contributed by atoms with Crippen molar-refractivity contribution in [3.05, 3.63) is 54.5 Å². The Labute approximate surface area is 104 Å². The van der Waals surface area contributed by atoms with Crippen LogP contribution in [0.4, 0.5) is 0 Å². The zero-order valence-electron chi connectivity index (χ0n) is 7.61. The molecule has 2 aromatic heterocycles. The molecule has 0 N–H and O–H groups in total. The standard InChI is InChI=1S/C10H7BrClNOS/c11-7-1-4-10(14)13(5-7)6-8-2-3-9(12)15-8/h1-5H,6H2. The number of aromatic nitrogens is 1. The first-order valence-corrected chi connectivity index (χ1v) is 6.24. The lowest BCUT2D eigenvalue weighted by Crippen LogP contribution is -2.18. The summed E-state index contributed by atoms with van der Waals surface area (Å²) in [5, 5.41) is 0. The molecule has 5 heteroatoms. The summed E-state index contributed by atoms with van der Waals surface area (Å²) in [5.74, 6) is 0. The summed E-state index contributed by atoms with van der Waals surface area (Å²) in [4.78, 5) is 12.6. The van der Waals surface area contributed by atoms with Crippen molar-refractivity contribution < 1.29 is 0 Å². The minimum Gasteiger partial charge on any atom is -0.309 e. The fourth-order valence-electron chi connectivity index (χ4n) is 1.23. The summed E-state index contributed by atoms with van der Waals surface area (Å²) in [7, 11) is 0. The molecule has 2 nitrogen and oxygen atoms in total. The maximum atomic E-state index is 11.5. The molecule has 0 atom stereocenters. The Kier molecular flexibility index (Phi) is 3.29. The van der Waals surface area contributed by atoms with Gasteiger partial charge in [0.25, 0.3) is 5.56 Å². The molecule has 2 rings (SSSR count). The van der Waals surface area contributed by atoms with Gasteiger partial charge in [0.05, 0.1) is 10.9 Å². The van der Waals surface area contributed by atoms with Crippen LogP contribution in [-0.4, -0.2) is 4.57 Å². The van der Waals surface area contributed by atoms with Gasteiger partial charge in [-0.3, -0.25) is 4.79 Å². The second kappa shape index (κ2) is 4.51. The third kappa shape index (κ3) is 2.71. The predicted molar refractivity (Wildman–Crippen MR) is 66.8 cm³/mol. The van der Waals surface area contributed by atoms with Crippen LogP contribution in [0.25, 0.3) is 0 Å². The van der Waals surface area contributed by atoms with E-state index in [0.29, 0.717) is 6.54 Å². The first kappa shape index (κ1) is 10.9. The molecule has 0 aliphatic heterocycles. The fraction of sp³-hybridized carbons (Fsp3) is 0.100. The van der Waals surface area contributed by atoms with Crippen LogP contribution in [0.15, 0.2) is 39.7 Å². The molecule has 78 valence electrons. The van der Waals surface area contributed by atoms with Crippen molar-refractivity contribution in [2.75, 3.05) is 0 Å². The minimum absolute atomic E-state index is 0.0114. The van der Waals surface area contributed by atoms with Gasteiger partial charge in [0.1, 0.15) is 0 Å². The van der Waals surface area contributed by atoms with E-state index < -0.39 is 0 Å². The Morgan fingerprint density at radius 3 is 2.80 bits per heavy atom. The van der Waals surface area contributed by atoms with E-state index in [-0.39, 0.29) is 5.56 Å². The highest BCUT2D eigenvalue weighted by Gasteiger charge is 2.01. The van der Waals surface area contributed by atoms with E-state index >= 15 is 0 Å². The van der Waals surface area contributed by atoms with E-state index in [1.807, 2.05) is 12.1 Å². The molecule has 2 aromatic rings. The van der Waals surface area contributed by atoms with Gasteiger partial charge in [0.2, 0.25) is 0 Å². The molecule has 15 heavy (non-hydrogen) atoms. The number of hydrogen-bond donors (Lipinski definition) is 0. The predicted octanol–water partition coefficient (Wildman–Crippen LogP) is 3.37. The number of rotatable bonds is 2. The highest BCUT2D eigenvalue weighted by Crippen LogP contribution is 2.21. The van der Waals surface area contributed by atoms with E-state index in [1.54, 1.807) is 22.9 Å². The zero-order valence-corrected chi connectivity index (χ0v) is 10.8. The van der Waals surface area contributed by atoms with Crippen molar-refractivity contribution >= 4 is 38.9 Å². The Bertz CT molecular complexity index is 534. The van der Waals surface area contributed by atoms with Gasteiger partial charge in [-0.1, -0.05) is 11.6 Å². The topological polar surface area (TPSA) is 22.0 Å². The lowest BCUT2D eigenvalue weighted by Gasteiger charge is -2.03. The van der Waals surface area contributed by atoms with Crippen molar-refractivity contribution in [3.63, 3.8) is 0 Å². The summed E-state index contributed by atoms with van der Waals surface area (Å²) in [5.41, 5.74) is -0.0114. The van der Waals surface area contributed by atoms with Crippen molar-refractivity contribution in [2.45, 2.75) is 6.54 Å². The van der Waals surface area contributed by atoms with Crippen LogP contribution < -0.4 is 5.56 Å². The van der Waals surface area contributed by atoms with Gasteiger partial charge in [-0.15, -0.1) is 11.3 Å². The van der Waals surface area contributed by atoms with Crippen molar-refractivity contribution in [3.8, 4) is 0 Å². The summed E-state index contributed by atoms with van der Waals surface area (Å²) in [6.07, 6.45) is 1.77. The first-order valence-electron chi connectivity index (χ1n) is 4.25. The summed E-state index contributed by atoms with van der Waals surface area (Å²) in [6, 6.07) is 7.05. The number of nitrogens with zero attached hydrogens (tertiary/aromatic N) is 1. The molecule has 0 aliphatic carbocycles. The maximum Gasteiger partial charge on any atom is 0.250 e. The van der Waals surface area contributed by atoms with E-state index in [0.717, 1.165) is 13.7 Å². The maximum absolute atomic E-state index is 11.5. The highest BCUT2D eigenvalue weighted by atomic mass is 79.9. The van der Waals surface area contributed by atoms with Crippen LogP contribution >= 0.6 is 38.9 Å². The molecular formula is C10H7BrClNOS. The van der Waals surface area contributed by atoms with Gasteiger partial charge >= 0.3 is 0 Å². The number of pyridine rings is 1. The largest absolute Gasteiger partial charge is 0.309 e. The molecule has 0 bridgehead atoms. The molecule has 0 saturated carbocycles. The first-order chi connectivity index (χ1) is 7.15. The lowest BCUT2D eigenvalue weighted by molar-refractivity contribution is 0.766. The zero-order chi connectivity index (χ0) is 10.8. The molecule has 0 saturated heterocycles. The molecule has 0 radical (unpaired) electrons. The molecule has 0 aromatic carbocycles. The van der Waals surface area contributed by atoms with Crippen LogP contribution in [0.5, 0.6) is 0 Å². The molecule has 2 heterocycles. The second-order valence-electron chi connectivity index (χ2n) is 3.02. The molecule has 0 fully saturated rings. The van der Waals surface area contributed by atoms with Gasteiger partial charge in [0.15, 0.2) is 0 Å². The van der Waals surface area contributed by atoms with Gasteiger partial charge in [0, 0.05) is 21.6 Å². The normalized spacial score (nSPS) is 10.5. The number of thiophene rings is 1. The molecule has 0 amide bonds. The molecule has 0 unspecified atom stereocenters. The van der Waals surface area contributed by atoms with Crippen molar-refractivity contribution in [1.82, 2.24) is 4.57 Å². The van der Waals surface area contributed by atoms with E-state index in [9.17, 15) is 4.79 Å².